The van der Waals surface area contributed by atoms with Crippen LogP contribution in [0.25, 0.3) is 0 Å². The summed E-state index contributed by atoms with van der Waals surface area (Å²) in [7, 11) is 2.03. The maximum absolute atomic E-state index is 13.6. The van der Waals surface area contributed by atoms with Crippen molar-refractivity contribution >= 4 is 5.91 Å². The fourth-order valence-electron chi connectivity index (χ4n) is 2.74. The second-order valence-corrected chi connectivity index (χ2v) is 5.02. The Hall–Kier alpha value is -1.53. The predicted octanol–water partition coefficient (Wildman–Crippen LogP) is 0.376. The number of halogens is 1. The van der Waals surface area contributed by atoms with Crippen molar-refractivity contribution in [3.63, 3.8) is 0 Å². The number of fused-ring (bicyclic) bond motifs is 1. The molecule has 3 rings (SSSR count). The molecule has 2 aliphatic heterocycles. The Morgan fingerprint density at radius 2 is 2.37 bits per heavy atom. The number of nitrogens with zero attached hydrogens (tertiary/aromatic N) is 3. The lowest BCUT2D eigenvalue weighted by molar-refractivity contribution is -0.0368. The highest BCUT2D eigenvalue weighted by Gasteiger charge is 2.40. The molecule has 1 aromatic heterocycles. The molecule has 0 aromatic carbocycles. The second-order valence-electron chi connectivity index (χ2n) is 5.02. The molecular weight excluding hydrogens is 249 g/mol. The van der Waals surface area contributed by atoms with Gasteiger partial charge < -0.3 is 9.64 Å². The third kappa shape index (κ3) is 2.21. The quantitative estimate of drug-likeness (QED) is 0.736. The number of pyridine rings is 1. The number of likely N-dealkylation sites (tertiary alicyclic amines) is 1. The van der Waals surface area contributed by atoms with Gasteiger partial charge in [0.2, 0.25) is 0 Å². The second kappa shape index (κ2) is 4.86. The molecular formula is C13H16FN3O2. The first-order chi connectivity index (χ1) is 9.16. The molecule has 0 radical (unpaired) electrons. The highest BCUT2D eigenvalue weighted by atomic mass is 19.1. The lowest BCUT2D eigenvalue weighted by Crippen LogP contribution is -2.48. The number of morpholine rings is 1. The normalized spacial score (nSPS) is 27.4. The van der Waals surface area contributed by atoms with E-state index in [2.05, 4.69) is 9.88 Å². The topological polar surface area (TPSA) is 45.7 Å². The number of amides is 1. The van der Waals surface area contributed by atoms with Gasteiger partial charge in [-0.15, -0.1) is 0 Å². The highest BCUT2D eigenvalue weighted by Crippen LogP contribution is 2.23. The molecule has 0 N–H and O–H groups in total. The molecule has 2 fully saturated rings. The summed E-state index contributed by atoms with van der Waals surface area (Å²) in [5, 5.41) is 0. The first kappa shape index (κ1) is 12.5. The van der Waals surface area contributed by atoms with Gasteiger partial charge in [0.25, 0.3) is 5.91 Å². The van der Waals surface area contributed by atoms with Crippen molar-refractivity contribution in [3.05, 3.63) is 29.8 Å². The summed E-state index contributed by atoms with van der Waals surface area (Å²) < 4.78 is 19.3. The lowest BCUT2D eigenvalue weighted by Gasteiger charge is -2.33. The van der Waals surface area contributed by atoms with Gasteiger partial charge in [-0.1, -0.05) is 0 Å². The summed E-state index contributed by atoms with van der Waals surface area (Å²) in [6.07, 6.45) is 2.54. The van der Waals surface area contributed by atoms with E-state index in [-0.39, 0.29) is 23.6 Å². The molecule has 1 amide bonds. The molecule has 2 aliphatic rings. The van der Waals surface area contributed by atoms with Gasteiger partial charge >= 0.3 is 0 Å². The van der Waals surface area contributed by atoms with Crippen LogP contribution >= 0.6 is 0 Å². The van der Waals surface area contributed by atoms with Crippen LogP contribution in [-0.2, 0) is 4.74 Å². The Kier molecular flexibility index (Phi) is 3.20. The molecule has 0 aliphatic carbocycles. The molecule has 5 nitrogen and oxygen atoms in total. The van der Waals surface area contributed by atoms with E-state index in [1.807, 2.05) is 7.05 Å². The van der Waals surface area contributed by atoms with Crippen LogP contribution in [0.3, 0.4) is 0 Å². The average molecular weight is 265 g/mol. The zero-order chi connectivity index (χ0) is 13.4. The monoisotopic (exact) mass is 265 g/mol. The van der Waals surface area contributed by atoms with Crippen molar-refractivity contribution in [2.45, 2.75) is 12.1 Å². The number of carbonyl (C=O) groups excluding carboxylic acids is 1. The zero-order valence-corrected chi connectivity index (χ0v) is 10.8. The average Bonchev–Trinajstić information content (AvgIpc) is 2.84. The smallest absolute Gasteiger partial charge is 0.257 e. The standard InChI is InChI=1S/C13H16FN3O2/c1-16-4-5-19-12-8-17(7-11(12)16)13(18)9-2-3-15-6-10(9)14/h2-3,6,11-12H,4-5,7-8H2,1H3/t11-,12+/m0/s1. The molecule has 102 valence electrons. The molecule has 0 unspecified atom stereocenters. The first-order valence-electron chi connectivity index (χ1n) is 6.37. The molecule has 2 saturated heterocycles. The number of hydrogen-bond donors (Lipinski definition) is 0. The summed E-state index contributed by atoms with van der Waals surface area (Å²) in [6, 6.07) is 1.63. The van der Waals surface area contributed by atoms with Crippen molar-refractivity contribution in [2.75, 3.05) is 33.3 Å². The molecule has 19 heavy (non-hydrogen) atoms. The van der Waals surface area contributed by atoms with Crippen molar-refractivity contribution in [1.82, 2.24) is 14.8 Å². The van der Waals surface area contributed by atoms with Gasteiger partial charge in [-0.3, -0.25) is 14.7 Å². The molecule has 3 heterocycles. The predicted molar refractivity (Wildman–Crippen MR) is 66.3 cm³/mol. The first-order valence-corrected chi connectivity index (χ1v) is 6.37. The maximum atomic E-state index is 13.6. The van der Waals surface area contributed by atoms with Gasteiger partial charge in [0.15, 0.2) is 5.82 Å². The fraction of sp³-hybridized carbons (Fsp3) is 0.538. The molecule has 0 saturated carbocycles. The maximum Gasteiger partial charge on any atom is 0.257 e. The number of carbonyl (C=O) groups is 1. The molecule has 0 spiro atoms. The Morgan fingerprint density at radius 3 is 3.11 bits per heavy atom. The van der Waals surface area contributed by atoms with Gasteiger partial charge in [-0.05, 0) is 13.1 Å². The van der Waals surface area contributed by atoms with Crippen LogP contribution in [0.4, 0.5) is 4.39 Å². The van der Waals surface area contributed by atoms with Gasteiger partial charge in [0.05, 0.1) is 30.5 Å². The van der Waals surface area contributed by atoms with Crippen LogP contribution in [0.1, 0.15) is 10.4 Å². The van der Waals surface area contributed by atoms with Crippen LogP contribution in [0.15, 0.2) is 18.5 Å². The number of hydrogen-bond acceptors (Lipinski definition) is 4. The number of rotatable bonds is 1. The summed E-state index contributed by atoms with van der Waals surface area (Å²) in [4.78, 5) is 19.8. The molecule has 6 heteroatoms. The molecule has 0 bridgehead atoms. The van der Waals surface area contributed by atoms with Crippen molar-refractivity contribution < 1.29 is 13.9 Å². The summed E-state index contributed by atoms with van der Waals surface area (Å²) in [5.74, 6) is -0.858. The van der Waals surface area contributed by atoms with E-state index in [1.54, 1.807) is 4.90 Å². The van der Waals surface area contributed by atoms with Crippen molar-refractivity contribution in [3.8, 4) is 0 Å². The van der Waals surface area contributed by atoms with Crippen LogP contribution in [-0.4, -0.2) is 66.1 Å². The SMILES string of the molecule is CN1CCO[C@@H]2CN(C(=O)c3ccncc3F)C[C@@H]21. The summed E-state index contributed by atoms with van der Waals surface area (Å²) >= 11 is 0. The van der Waals surface area contributed by atoms with E-state index in [0.29, 0.717) is 19.7 Å². The van der Waals surface area contributed by atoms with E-state index in [1.165, 1.54) is 12.3 Å². The number of aromatic nitrogens is 1. The molecule has 1 aromatic rings. The Morgan fingerprint density at radius 1 is 1.53 bits per heavy atom. The highest BCUT2D eigenvalue weighted by molar-refractivity contribution is 5.94. The Bertz CT molecular complexity index is 497. The number of ether oxygens (including phenoxy) is 1. The largest absolute Gasteiger partial charge is 0.373 e. The van der Waals surface area contributed by atoms with E-state index in [0.717, 1.165) is 12.7 Å². The van der Waals surface area contributed by atoms with E-state index < -0.39 is 5.82 Å². The van der Waals surface area contributed by atoms with E-state index in [9.17, 15) is 9.18 Å². The van der Waals surface area contributed by atoms with Gasteiger partial charge in [0, 0.05) is 25.8 Å². The minimum absolute atomic E-state index is 0.0348. The Labute approximate surface area is 111 Å². The van der Waals surface area contributed by atoms with Gasteiger partial charge in [0.1, 0.15) is 0 Å². The minimum atomic E-state index is -0.573. The summed E-state index contributed by atoms with van der Waals surface area (Å²) in [5.41, 5.74) is 0.0799. The van der Waals surface area contributed by atoms with E-state index >= 15 is 0 Å². The van der Waals surface area contributed by atoms with E-state index in [4.69, 9.17) is 4.74 Å². The van der Waals surface area contributed by atoms with Crippen LogP contribution in [0, 0.1) is 5.82 Å². The fourth-order valence-corrected chi connectivity index (χ4v) is 2.74. The van der Waals surface area contributed by atoms with Crippen LogP contribution in [0.5, 0.6) is 0 Å². The number of likely N-dealkylation sites (N-methyl/N-ethyl adjacent to an activating group) is 1. The Balaban J connectivity index is 1.78. The lowest BCUT2D eigenvalue weighted by atomic mass is 10.1. The summed E-state index contributed by atoms with van der Waals surface area (Å²) in [6.45, 7) is 2.66. The van der Waals surface area contributed by atoms with Crippen molar-refractivity contribution in [1.29, 1.82) is 0 Å². The minimum Gasteiger partial charge on any atom is -0.373 e. The van der Waals surface area contributed by atoms with Gasteiger partial charge in [-0.25, -0.2) is 4.39 Å². The van der Waals surface area contributed by atoms with Crippen LogP contribution < -0.4 is 0 Å². The molecule has 2 atom stereocenters. The zero-order valence-electron chi connectivity index (χ0n) is 10.8. The third-order valence-corrected chi connectivity index (χ3v) is 3.87. The van der Waals surface area contributed by atoms with Crippen LogP contribution in [0.2, 0.25) is 0 Å². The van der Waals surface area contributed by atoms with Crippen molar-refractivity contribution in [2.24, 2.45) is 0 Å². The third-order valence-electron chi connectivity index (χ3n) is 3.87. The van der Waals surface area contributed by atoms with Gasteiger partial charge in [-0.2, -0.15) is 0 Å².